The van der Waals surface area contributed by atoms with Crippen molar-refractivity contribution in [1.29, 1.82) is 0 Å². The van der Waals surface area contributed by atoms with Crippen molar-refractivity contribution < 1.29 is 5.11 Å². The standard InChI is InChI=1S/C12H17ClN2O/c1-8-3-9(2)15(6-8)12-4-10(7-16)11(13)5-14-12/h4-5,8-9,16H,3,6-7H2,1-2H3. The summed E-state index contributed by atoms with van der Waals surface area (Å²) in [6, 6.07) is 2.40. The van der Waals surface area contributed by atoms with E-state index in [1.54, 1.807) is 6.20 Å². The molecule has 1 aliphatic heterocycles. The fourth-order valence-electron chi connectivity index (χ4n) is 2.37. The van der Waals surface area contributed by atoms with Gasteiger partial charge >= 0.3 is 0 Å². The number of aromatic nitrogens is 1. The monoisotopic (exact) mass is 240 g/mol. The number of aliphatic hydroxyl groups excluding tert-OH is 1. The molecule has 1 aromatic rings. The normalized spacial score (nSPS) is 25.1. The second-order valence-electron chi connectivity index (χ2n) is 4.63. The number of nitrogens with zero attached hydrogens (tertiary/aromatic N) is 2. The molecule has 2 atom stereocenters. The highest BCUT2D eigenvalue weighted by molar-refractivity contribution is 6.31. The molecule has 1 fully saturated rings. The highest BCUT2D eigenvalue weighted by Crippen LogP contribution is 2.29. The zero-order valence-corrected chi connectivity index (χ0v) is 10.4. The van der Waals surface area contributed by atoms with E-state index in [1.807, 2.05) is 6.07 Å². The number of hydrogen-bond acceptors (Lipinski definition) is 3. The van der Waals surface area contributed by atoms with Crippen LogP contribution in [0, 0.1) is 5.92 Å². The van der Waals surface area contributed by atoms with Crippen molar-refractivity contribution in [3.63, 3.8) is 0 Å². The summed E-state index contributed by atoms with van der Waals surface area (Å²) in [6.07, 6.45) is 2.82. The maximum Gasteiger partial charge on any atom is 0.129 e. The molecule has 2 unspecified atom stereocenters. The molecule has 16 heavy (non-hydrogen) atoms. The average Bonchev–Trinajstić information content (AvgIpc) is 2.59. The van der Waals surface area contributed by atoms with Crippen molar-refractivity contribution >= 4 is 17.4 Å². The lowest BCUT2D eigenvalue weighted by atomic mass is 10.1. The van der Waals surface area contributed by atoms with Crippen molar-refractivity contribution in [3.8, 4) is 0 Å². The second-order valence-corrected chi connectivity index (χ2v) is 5.04. The number of anilines is 1. The summed E-state index contributed by atoms with van der Waals surface area (Å²) < 4.78 is 0. The van der Waals surface area contributed by atoms with Crippen molar-refractivity contribution in [2.75, 3.05) is 11.4 Å². The average molecular weight is 241 g/mol. The minimum atomic E-state index is -0.0356. The molecule has 2 heterocycles. The lowest BCUT2D eigenvalue weighted by Gasteiger charge is -2.23. The summed E-state index contributed by atoms with van der Waals surface area (Å²) in [4.78, 5) is 6.61. The first-order valence-electron chi connectivity index (χ1n) is 5.63. The molecular weight excluding hydrogens is 224 g/mol. The Kier molecular flexibility index (Phi) is 3.36. The van der Waals surface area contributed by atoms with Gasteiger partial charge in [-0.2, -0.15) is 0 Å². The Hall–Kier alpha value is -0.800. The molecule has 1 aromatic heterocycles. The molecule has 2 rings (SSSR count). The molecule has 0 aliphatic carbocycles. The quantitative estimate of drug-likeness (QED) is 0.863. The first-order chi connectivity index (χ1) is 7.61. The Bertz CT molecular complexity index is 383. The molecule has 4 heteroatoms. The Morgan fingerprint density at radius 1 is 1.56 bits per heavy atom. The van der Waals surface area contributed by atoms with Crippen LogP contribution in [0.2, 0.25) is 5.02 Å². The summed E-state index contributed by atoms with van der Waals surface area (Å²) in [5.41, 5.74) is 0.749. The van der Waals surface area contributed by atoms with Gasteiger partial charge in [0, 0.05) is 24.3 Å². The van der Waals surface area contributed by atoms with Crippen LogP contribution in [-0.4, -0.2) is 22.7 Å². The molecule has 1 saturated heterocycles. The molecule has 0 amide bonds. The fraction of sp³-hybridized carbons (Fsp3) is 0.583. The van der Waals surface area contributed by atoms with E-state index < -0.39 is 0 Å². The van der Waals surface area contributed by atoms with E-state index in [4.69, 9.17) is 11.6 Å². The van der Waals surface area contributed by atoms with Gasteiger partial charge in [-0.3, -0.25) is 0 Å². The van der Waals surface area contributed by atoms with Gasteiger partial charge in [-0.1, -0.05) is 18.5 Å². The summed E-state index contributed by atoms with van der Waals surface area (Å²) in [7, 11) is 0. The van der Waals surface area contributed by atoms with E-state index in [1.165, 1.54) is 6.42 Å². The highest BCUT2D eigenvalue weighted by Gasteiger charge is 2.27. The van der Waals surface area contributed by atoms with Gasteiger partial charge in [0.2, 0.25) is 0 Å². The maximum absolute atomic E-state index is 9.17. The van der Waals surface area contributed by atoms with E-state index in [9.17, 15) is 5.11 Å². The van der Waals surface area contributed by atoms with Crippen LogP contribution >= 0.6 is 11.6 Å². The number of halogens is 1. The number of hydrogen-bond donors (Lipinski definition) is 1. The molecule has 0 spiro atoms. The van der Waals surface area contributed by atoms with Crippen LogP contribution in [0.1, 0.15) is 25.8 Å². The Morgan fingerprint density at radius 2 is 2.31 bits per heavy atom. The molecule has 0 aromatic carbocycles. The third kappa shape index (κ3) is 2.15. The molecule has 0 radical (unpaired) electrons. The fourth-order valence-corrected chi connectivity index (χ4v) is 2.53. The Morgan fingerprint density at radius 3 is 2.88 bits per heavy atom. The van der Waals surface area contributed by atoms with Crippen LogP contribution in [0.15, 0.2) is 12.3 Å². The largest absolute Gasteiger partial charge is 0.392 e. The van der Waals surface area contributed by atoms with Crippen molar-refractivity contribution in [2.24, 2.45) is 5.92 Å². The van der Waals surface area contributed by atoms with Crippen LogP contribution in [0.4, 0.5) is 5.82 Å². The molecule has 88 valence electrons. The molecule has 3 nitrogen and oxygen atoms in total. The first kappa shape index (κ1) is 11.7. The summed E-state index contributed by atoms with van der Waals surface area (Å²) in [5.74, 6) is 1.62. The van der Waals surface area contributed by atoms with Gasteiger partial charge in [0.05, 0.1) is 11.6 Å². The molecular formula is C12H17ClN2O. The molecule has 0 bridgehead atoms. The van der Waals surface area contributed by atoms with E-state index >= 15 is 0 Å². The van der Waals surface area contributed by atoms with E-state index in [0.29, 0.717) is 17.0 Å². The maximum atomic E-state index is 9.17. The first-order valence-corrected chi connectivity index (χ1v) is 6.01. The van der Waals surface area contributed by atoms with E-state index in [2.05, 4.69) is 23.7 Å². The summed E-state index contributed by atoms with van der Waals surface area (Å²) in [6.45, 7) is 5.45. The van der Waals surface area contributed by atoms with Gasteiger partial charge < -0.3 is 10.0 Å². The van der Waals surface area contributed by atoms with Gasteiger partial charge in [0.1, 0.15) is 5.82 Å². The predicted molar refractivity (Wildman–Crippen MR) is 65.8 cm³/mol. The minimum absolute atomic E-state index is 0.0356. The number of rotatable bonds is 2. The van der Waals surface area contributed by atoms with E-state index in [0.717, 1.165) is 17.9 Å². The summed E-state index contributed by atoms with van der Waals surface area (Å²) >= 11 is 5.93. The zero-order valence-electron chi connectivity index (χ0n) is 9.65. The second kappa shape index (κ2) is 4.60. The van der Waals surface area contributed by atoms with Gasteiger partial charge in [-0.15, -0.1) is 0 Å². The van der Waals surface area contributed by atoms with Gasteiger partial charge in [0.25, 0.3) is 0 Å². The topological polar surface area (TPSA) is 36.4 Å². The zero-order chi connectivity index (χ0) is 11.7. The van der Waals surface area contributed by atoms with Gasteiger partial charge in [-0.05, 0) is 25.3 Å². The van der Waals surface area contributed by atoms with E-state index in [-0.39, 0.29) is 6.61 Å². The third-order valence-corrected chi connectivity index (χ3v) is 3.51. The lowest BCUT2D eigenvalue weighted by Crippen LogP contribution is -2.27. The van der Waals surface area contributed by atoms with Crippen molar-refractivity contribution in [3.05, 3.63) is 22.8 Å². The SMILES string of the molecule is CC1CC(C)N(c2cc(CO)c(Cl)cn2)C1. The molecule has 0 saturated carbocycles. The van der Waals surface area contributed by atoms with Crippen LogP contribution in [0.5, 0.6) is 0 Å². The number of aliphatic hydroxyl groups is 1. The van der Waals surface area contributed by atoms with Gasteiger partial charge in [0.15, 0.2) is 0 Å². The highest BCUT2D eigenvalue weighted by atomic mass is 35.5. The smallest absolute Gasteiger partial charge is 0.129 e. The van der Waals surface area contributed by atoms with Crippen molar-refractivity contribution in [2.45, 2.75) is 32.9 Å². The number of pyridine rings is 1. The van der Waals surface area contributed by atoms with Crippen molar-refractivity contribution in [1.82, 2.24) is 4.98 Å². The van der Waals surface area contributed by atoms with Crippen LogP contribution < -0.4 is 4.90 Å². The Labute approximate surface area is 101 Å². The Balaban J connectivity index is 2.27. The van der Waals surface area contributed by atoms with Crippen LogP contribution in [0.25, 0.3) is 0 Å². The third-order valence-electron chi connectivity index (χ3n) is 3.17. The molecule has 1 aliphatic rings. The lowest BCUT2D eigenvalue weighted by molar-refractivity contribution is 0.282. The van der Waals surface area contributed by atoms with Crippen LogP contribution in [0.3, 0.4) is 0 Å². The summed E-state index contributed by atoms with van der Waals surface area (Å²) in [5, 5.41) is 9.71. The van der Waals surface area contributed by atoms with Crippen LogP contribution in [-0.2, 0) is 6.61 Å². The van der Waals surface area contributed by atoms with Gasteiger partial charge in [-0.25, -0.2) is 4.98 Å². The predicted octanol–water partition coefficient (Wildman–Crippen LogP) is 2.46. The molecule has 1 N–H and O–H groups in total. The minimum Gasteiger partial charge on any atom is -0.392 e.